The maximum atomic E-state index is 12.7. The van der Waals surface area contributed by atoms with E-state index in [1.54, 1.807) is 25.1 Å². The Kier molecular flexibility index (Phi) is 5.02. The number of urea groups is 2. The highest BCUT2D eigenvalue weighted by Crippen LogP contribution is 2.29. The lowest BCUT2D eigenvalue weighted by atomic mass is 9.91. The number of hydrogen-bond acceptors (Lipinski definition) is 5. The highest BCUT2D eigenvalue weighted by atomic mass is 16.2. The van der Waals surface area contributed by atoms with Gasteiger partial charge in [-0.25, -0.2) is 9.59 Å². The molecule has 0 radical (unpaired) electrons. The lowest BCUT2D eigenvalue weighted by Crippen LogP contribution is -2.46. The van der Waals surface area contributed by atoms with Crippen molar-refractivity contribution >= 4 is 23.9 Å². The molecule has 0 saturated carbocycles. The van der Waals surface area contributed by atoms with Crippen molar-refractivity contribution in [2.24, 2.45) is 0 Å². The summed E-state index contributed by atoms with van der Waals surface area (Å²) in [6.07, 6.45) is 0. The molecule has 130 valence electrons. The normalized spacial score (nSPS) is 19.2. The first-order chi connectivity index (χ1) is 11.8. The van der Waals surface area contributed by atoms with Gasteiger partial charge in [-0.3, -0.25) is 19.8 Å². The minimum absolute atomic E-state index is 0.329. The largest absolute Gasteiger partial charge is 0.338 e. The van der Waals surface area contributed by atoms with E-state index in [-0.39, 0.29) is 0 Å². The molecule has 25 heavy (non-hydrogen) atoms. The van der Waals surface area contributed by atoms with Crippen molar-refractivity contribution in [1.82, 2.24) is 20.9 Å². The fourth-order valence-electron chi connectivity index (χ4n) is 2.45. The molecule has 6 amide bonds. The smallest absolute Gasteiger partial charge is 0.325 e. The maximum absolute atomic E-state index is 12.7. The molecule has 1 aromatic rings. The van der Waals surface area contributed by atoms with E-state index in [0.717, 1.165) is 4.90 Å². The average molecular weight is 343 g/mol. The van der Waals surface area contributed by atoms with Gasteiger partial charge < -0.3 is 10.6 Å². The summed E-state index contributed by atoms with van der Waals surface area (Å²) in [5.41, 5.74) is -0.625. The Morgan fingerprint density at radius 3 is 2.72 bits per heavy atom. The Morgan fingerprint density at radius 1 is 1.36 bits per heavy atom. The van der Waals surface area contributed by atoms with Crippen molar-refractivity contribution in [3.05, 3.63) is 35.4 Å². The first kappa shape index (κ1) is 17.9. The minimum Gasteiger partial charge on any atom is -0.338 e. The Bertz CT molecular complexity index is 785. The lowest BCUT2D eigenvalue weighted by Gasteiger charge is -2.22. The van der Waals surface area contributed by atoms with E-state index >= 15 is 0 Å². The molecule has 1 saturated heterocycles. The third-order valence-corrected chi connectivity index (χ3v) is 3.74. The first-order valence-corrected chi connectivity index (χ1v) is 7.54. The van der Waals surface area contributed by atoms with Gasteiger partial charge in [0, 0.05) is 6.54 Å². The van der Waals surface area contributed by atoms with Crippen molar-refractivity contribution < 1.29 is 19.2 Å². The number of nitrogens with one attached hydrogen (secondary N) is 3. The van der Waals surface area contributed by atoms with E-state index in [1.807, 2.05) is 11.4 Å². The predicted octanol–water partition coefficient (Wildman–Crippen LogP) is 0.171. The average Bonchev–Trinajstić information content (AvgIpc) is 2.79. The number of nitrogens with zero attached hydrogens (tertiary/aromatic N) is 2. The van der Waals surface area contributed by atoms with E-state index < -0.39 is 36.0 Å². The number of imide groups is 2. The second kappa shape index (κ2) is 7.00. The van der Waals surface area contributed by atoms with Crippen LogP contribution in [0.4, 0.5) is 9.59 Å². The summed E-state index contributed by atoms with van der Waals surface area (Å²) in [4.78, 5) is 48.7. The third kappa shape index (κ3) is 3.58. The summed E-state index contributed by atoms with van der Waals surface area (Å²) in [7, 11) is 0. The molecule has 1 aliphatic heterocycles. The molecule has 9 heteroatoms. The van der Waals surface area contributed by atoms with Gasteiger partial charge in [-0.05, 0) is 31.5 Å². The summed E-state index contributed by atoms with van der Waals surface area (Å²) < 4.78 is 0. The standard InChI is InChI=1S/C16H17N5O4/c1-3-18-14(24)19-12(22)9-21-13(23)16(2,20-15(21)25)11-6-4-5-10(7-11)8-17/h4-7H,3,9H2,1-2H3,(H,20,25)(H2,18,19,22,24)/t16-/m0/s1. The van der Waals surface area contributed by atoms with Gasteiger partial charge >= 0.3 is 12.1 Å². The molecule has 0 aromatic heterocycles. The lowest BCUT2D eigenvalue weighted by molar-refractivity contribution is -0.134. The fourth-order valence-corrected chi connectivity index (χ4v) is 2.45. The zero-order valence-electron chi connectivity index (χ0n) is 13.8. The second-order valence-electron chi connectivity index (χ2n) is 5.55. The molecule has 1 fully saturated rings. The fraction of sp³-hybridized carbons (Fsp3) is 0.312. The van der Waals surface area contributed by atoms with Gasteiger partial charge in [0.05, 0.1) is 11.6 Å². The van der Waals surface area contributed by atoms with Crippen molar-refractivity contribution in [3.63, 3.8) is 0 Å². The number of hydrogen-bond donors (Lipinski definition) is 3. The highest BCUT2D eigenvalue weighted by Gasteiger charge is 2.49. The number of amides is 6. The molecule has 0 bridgehead atoms. The highest BCUT2D eigenvalue weighted by molar-refractivity contribution is 6.10. The molecular formula is C16H17N5O4. The predicted molar refractivity (Wildman–Crippen MR) is 86.0 cm³/mol. The summed E-state index contributed by atoms with van der Waals surface area (Å²) in [5, 5.41) is 15.9. The van der Waals surface area contributed by atoms with Crippen LogP contribution in [0.15, 0.2) is 24.3 Å². The van der Waals surface area contributed by atoms with Crippen LogP contribution in [0.3, 0.4) is 0 Å². The molecule has 0 unspecified atom stereocenters. The van der Waals surface area contributed by atoms with Crippen LogP contribution in [0, 0.1) is 11.3 Å². The van der Waals surface area contributed by atoms with Gasteiger partial charge in [0.1, 0.15) is 12.1 Å². The summed E-state index contributed by atoms with van der Waals surface area (Å²) >= 11 is 0. The third-order valence-electron chi connectivity index (χ3n) is 3.74. The Balaban J connectivity index is 2.17. The quantitative estimate of drug-likeness (QED) is 0.671. The van der Waals surface area contributed by atoms with Crippen LogP contribution in [0.25, 0.3) is 0 Å². The summed E-state index contributed by atoms with van der Waals surface area (Å²) in [6, 6.07) is 6.79. The van der Waals surface area contributed by atoms with Gasteiger partial charge in [0.2, 0.25) is 5.91 Å². The molecule has 1 atom stereocenters. The molecule has 2 rings (SSSR count). The van der Waals surface area contributed by atoms with Crippen molar-refractivity contribution in [3.8, 4) is 6.07 Å². The second-order valence-corrected chi connectivity index (χ2v) is 5.55. The molecule has 0 aliphatic carbocycles. The van der Waals surface area contributed by atoms with Crippen molar-refractivity contribution in [2.45, 2.75) is 19.4 Å². The van der Waals surface area contributed by atoms with E-state index in [0.29, 0.717) is 17.7 Å². The Morgan fingerprint density at radius 2 is 2.08 bits per heavy atom. The van der Waals surface area contributed by atoms with Crippen molar-refractivity contribution in [1.29, 1.82) is 5.26 Å². The molecule has 3 N–H and O–H groups in total. The monoisotopic (exact) mass is 343 g/mol. The topological polar surface area (TPSA) is 131 Å². The van der Waals surface area contributed by atoms with Crippen LogP contribution in [0.1, 0.15) is 25.0 Å². The van der Waals surface area contributed by atoms with Crippen LogP contribution < -0.4 is 16.0 Å². The zero-order valence-corrected chi connectivity index (χ0v) is 13.8. The Hall–Kier alpha value is -3.41. The van der Waals surface area contributed by atoms with E-state index in [2.05, 4.69) is 10.6 Å². The van der Waals surface area contributed by atoms with Crippen LogP contribution in [0.5, 0.6) is 0 Å². The molecule has 1 aliphatic rings. The summed E-state index contributed by atoms with van der Waals surface area (Å²) in [5.74, 6) is -1.43. The van der Waals surface area contributed by atoms with Crippen LogP contribution in [0.2, 0.25) is 0 Å². The SMILES string of the molecule is CCNC(=O)NC(=O)CN1C(=O)N[C@@](C)(c2cccc(C#N)c2)C1=O. The number of nitriles is 1. The molecule has 1 heterocycles. The molecular weight excluding hydrogens is 326 g/mol. The van der Waals surface area contributed by atoms with Crippen LogP contribution in [-0.4, -0.2) is 41.9 Å². The number of carbonyl (C=O) groups is 4. The summed E-state index contributed by atoms with van der Waals surface area (Å²) in [6.45, 7) is 2.92. The zero-order chi connectivity index (χ0) is 18.6. The number of rotatable bonds is 4. The van der Waals surface area contributed by atoms with Gasteiger partial charge in [-0.15, -0.1) is 0 Å². The van der Waals surface area contributed by atoms with E-state index in [1.165, 1.54) is 13.0 Å². The molecule has 1 aromatic carbocycles. The molecule has 0 spiro atoms. The molecule has 9 nitrogen and oxygen atoms in total. The minimum atomic E-state index is -1.39. The van der Waals surface area contributed by atoms with Gasteiger partial charge in [-0.1, -0.05) is 12.1 Å². The number of carbonyl (C=O) groups excluding carboxylic acids is 4. The van der Waals surface area contributed by atoms with Crippen molar-refractivity contribution in [2.75, 3.05) is 13.1 Å². The van der Waals surface area contributed by atoms with Gasteiger partial charge in [-0.2, -0.15) is 5.26 Å². The van der Waals surface area contributed by atoms with E-state index in [4.69, 9.17) is 5.26 Å². The Labute approximate surface area is 144 Å². The first-order valence-electron chi connectivity index (χ1n) is 7.54. The number of benzene rings is 1. The van der Waals surface area contributed by atoms with Crippen LogP contribution >= 0.6 is 0 Å². The van der Waals surface area contributed by atoms with Gasteiger partial charge in [0.25, 0.3) is 5.91 Å². The van der Waals surface area contributed by atoms with E-state index in [9.17, 15) is 19.2 Å². The van der Waals surface area contributed by atoms with Crippen LogP contribution in [-0.2, 0) is 15.1 Å². The van der Waals surface area contributed by atoms with Gasteiger partial charge in [0.15, 0.2) is 0 Å². The maximum Gasteiger partial charge on any atom is 0.325 e.